The molecule has 2 heterocycles. The van der Waals surface area contributed by atoms with Crippen LogP contribution in [0, 0.1) is 0 Å². The maximum Gasteiger partial charge on any atom is 0.180 e. The molecule has 1 aliphatic rings. The number of benzene rings is 1. The molecular weight excluding hydrogens is 318 g/mol. The van der Waals surface area contributed by atoms with E-state index in [4.69, 9.17) is 5.73 Å². The Labute approximate surface area is 141 Å². The van der Waals surface area contributed by atoms with Crippen molar-refractivity contribution in [2.75, 3.05) is 25.4 Å². The van der Waals surface area contributed by atoms with Crippen molar-refractivity contribution in [3.63, 3.8) is 0 Å². The van der Waals surface area contributed by atoms with E-state index in [1.165, 1.54) is 10.4 Å². The van der Waals surface area contributed by atoms with E-state index < -0.39 is 0 Å². The maximum atomic E-state index is 10.0. The van der Waals surface area contributed by atoms with Gasteiger partial charge in [0.15, 0.2) is 5.13 Å². The quantitative estimate of drug-likeness (QED) is 0.899. The van der Waals surface area contributed by atoms with Gasteiger partial charge in [-0.3, -0.25) is 4.90 Å². The summed E-state index contributed by atoms with van der Waals surface area (Å²) in [6.07, 6.45) is 4.00. The molecule has 0 saturated carbocycles. The summed E-state index contributed by atoms with van der Waals surface area (Å²) < 4.78 is 0. The van der Waals surface area contributed by atoms with Gasteiger partial charge < -0.3 is 10.8 Å². The van der Waals surface area contributed by atoms with Gasteiger partial charge in [-0.1, -0.05) is 30.3 Å². The van der Waals surface area contributed by atoms with E-state index in [-0.39, 0.29) is 24.4 Å². The Bertz CT molecular complexity index is 592. The van der Waals surface area contributed by atoms with Crippen molar-refractivity contribution < 1.29 is 5.11 Å². The molecule has 0 amide bonds. The van der Waals surface area contributed by atoms with Crippen LogP contribution in [0.4, 0.5) is 5.13 Å². The summed E-state index contributed by atoms with van der Waals surface area (Å²) >= 11 is 1.55. The SMILES string of the molecule is Cl.Nc1ncc(CN2CCCC(CO)(c3ccccc3)C2)s1. The van der Waals surface area contributed by atoms with Crippen molar-refractivity contribution in [1.29, 1.82) is 0 Å². The predicted molar refractivity (Wildman–Crippen MR) is 93.5 cm³/mol. The Kier molecular flexibility index (Phi) is 5.81. The monoisotopic (exact) mass is 339 g/mol. The molecule has 3 rings (SSSR count). The number of nitrogen functional groups attached to an aromatic ring is 1. The van der Waals surface area contributed by atoms with Gasteiger partial charge in [0.25, 0.3) is 0 Å². The first kappa shape index (κ1) is 17.2. The van der Waals surface area contributed by atoms with Gasteiger partial charge in [0, 0.05) is 29.6 Å². The number of anilines is 1. The molecule has 0 spiro atoms. The third kappa shape index (κ3) is 3.60. The molecule has 1 fully saturated rings. The third-order valence-corrected chi connectivity index (χ3v) is 5.11. The lowest BCUT2D eigenvalue weighted by Crippen LogP contribution is -2.47. The first-order valence-electron chi connectivity index (χ1n) is 7.31. The highest BCUT2D eigenvalue weighted by Gasteiger charge is 2.36. The van der Waals surface area contributed by atoms with Gasteiger partial charge >= 0.3 is 0 Å². The number of halogens is 1. The van der Waals surface area contributed by atoms with Crippen molar-refractivity contribution in [3.05, 3.63) is 47.0 Å². The van der Waals surface area contributed by atoms with Gasteiger partial charge in [-0.15, -0.1) is 23.7 Å². The molecule has 6 heteroatoms. The van der Waals surface area contributed by atoms with Crippen LogP contribution in [-0.2, 0) is 12.0 Å². The Morgan fingerprint density at radius 2 is 2.09 bits per heavy atom. The minimum atomic E-state index is -0.143. The highest BCUT2D eigenvalue weighted by molar-refractivity contribution is 7.15. The number of aromatic nitrogens is 1. The van der Waals surface area contributed by atoms with E-state index in [0.29, 0.717) is 5.13 Å². The largest absolute Gasteiger partial charge is 0.395 e. The number of nitrogens with two attached hydrogens (primary N) is 1. The summed E-state index contributed by atoms with van der Waals surface area (Å²) in [6.45, 7) is 3.00. The molecule has 1 saturated heterocycles. The van der Waals surface area contributed by atoms with Crippen molar-refractivity contribution in [3.8, 4) is 0 Å². The Balaban J connectivity index is 0.00000176. The Hall–Kier alpha value is -1.14. The number of thiazole rings is 1. The third-order valence-electron chi connectivity index (χ3n) is 4.30. The van der Waals surface area contributed by atoms with E-state index in [9.17, 15) is 5.11 Å². The van der Waals surface area contributed by atoms with E-state index in [1.54, 1.807) is 11.3 Å². The Morgan fingerprint density at radius 1 is 1.32 bits per heavy atom. The highest BCUT2D eigenvalue weighted by atomic mass is 35.5. The van der Waals surface area contributed by atoms with Crippen LogP contribution in [0.1, 0.15) is 23.3 Å². The average molecular weight is 340 g/mol. The van der Waals surface area contributed by atoms with Crippen LogP contribution >= 0.6 is 23.7 Å². The summed E-state index contributed by atoms with van der Waals surface area (Å²) in [5.74, 6) is 0. The maximum absolute atomic E-state index is 10.0. The van der Waals surface area contributed by atoms with Crippen LogP contribution in [0.3, 0.4) is 0 Å². The lowest BCUT2D eigenvalue weighted by molar-refractivity contribution is 0.0856. The van der Waals surface area contributed by atoms with Gasteiger partial charge in [0.2, 0.25) is 0 Å². The zero-order valence-corrected chi connectivity index (χ0v) is 14.1. The number of piperidine rings is 1. The summed E-state index contributed by atoms with van der Waals surface area (Å²) in [5, 5.41) is 10.7. The average Bonchev–Trinajstić information content (AvgIpc) is 2.93. The summed E-state index contributed by atoms with van der Waals surface area (Å²) in [4.78, 5) is 7.71. The number of hydrogen-bond acceptors (Lipinski definition) is 5. The zero-order chi connectivity index (χ0) is 14.7. The van der Waals surface area contributed by atoms with Gasteiger partial charge in [-0.05, 0) is 24.9 Å². The zero-order valence-electron chi connectivity index (χ0n) is 12.4. The van der Waals surface area contributed by atoms with Gasteiger partial charge in [-0.2, -0.15) is 0 Å². The van der Waals surface area contributed by atoms with Crippen LogP contribution in [-0.4, -0.2) is 34.7 Å². The topological polar surface area (TPSA) is 62.4 Å². The number of likely N-dealkylation sites (tertiary alicyclic amines) is 1. The van der Waals surface area contributed by atoms with Crippen LogP contribution in [0.15, 0.2) is 36.5 Å². The number of rotatable bonds is 4. The molecule has 1 aliphatic heterocycles. The Morgan fingerprint density at radius 3 is 2.73 bits per heavy atom. The van der Waals surface area contributed by atoms with Crippen LogP contribution < -0.4 is 5.73 Å². The number of hydrogen-bond donors (Lipinski definition) is 2. The van der Waals surface area contributed by atoms with Crippen LogP contribution in [0.5, 0.6) is 0 Å². The minimum absolute atomic E-state index is 0. The number of aliphatic hydroxyl groups excluding tert-OH is 1. The van der Waals surface area contributed by atoms with Crippen LogP contribution in [0.25, 0.3) is 0 Å². The second-order valence-electron chi connectivity index (χ2n) is 5.78. The lowest BCUT2D eigenvalue weighted by Gasteiger charge is -2.42. The second kappa shape index (κ2) is 7.42. The highest BCUT2D eigenvalue weighted by Crippen LogP contribution is 2.34. The molecule has 1 unspecified atom stereocenters. The second-order valence-corrected chi connectivity index (χ2v) is 6.93. The molecule has 22 heavy (non-hydrogen) atoms. The first-order valence-corrected chi connectivity index (χ1v) is 8.12. The number of nitrogens with zero attached hydrogens (tertiary/aromatic N) is 2. The lowest BCUT2D eigenvalue weighted by atomic mass is 9.75. The van der Waals surface area contributed by atoms with E-state index >= 15 is 0 Å². The smallest absolute Gasteiger partial charge is 0.180 e. The molecule has 3 N–H and O–H groups in total. The predicted octanol–water partition coefficient (Wildman–Crippen LogP) is 2.67. The van der Waals surface area contributed by atoms with Gasteiger partial charge in [0.05, 0.1) is 6.61 Å². The van der Waals surface area contributed by atoms with Crippen LogP contribution in [0.2, 0.25) is 0 Å². The van der Waals surface area contributed by atoms with E-state index in [1.807, 2.05) is 12.3 Å². The van der Waals surface area contributed by atoms with Crippen molar-refractivity contribution in [2.45, 2.75) is 24.8 Å². The van der Waals surface area contributed by atoms with Gasteiger partial charge in [-0.25, -0.2) is 4.98 Å². The fraction of sp³-hybridized carbons (Fsp3) is 0.438. The molecule has 4 nitrogen and oxygen atoms in total. The summed E-state index contributed by atoms with van der Waals surface area (Å²) in [7, 11) is 0. The molecule has 1 atom stereocenters. The fourth-order valence-corrected chi connectivity index (χ4v) is 3.95. The van der Waals surface area contributed by atoms with E-state index in [2.05, 4.69) is 34.1 Å². The van der Waals surface area contributed by atoms with E-state index in [0.717, 1.165) is 32.5 Å². The van der Waals surface area contributed by atoms with Gasteiger partial charge in [0.1, 0.15) is 0 Å². The molecule has 120 valence electrons. The normalized spacial score (nSPS) is 22.2. The summed E-state index contributed by atoms with van der Waals surface area (Å²) in [5.41, 5.74) is 6.80. The molecule has 0 radical (unpaired) electrons. The summed E-state index contributed by atoms with van der Waals surface area (Å²) in [6, 6.07) is 10.4. The standard InChI is InChI=1S/C16H21N3OS.ClH/c17-15-18-9-14(21-15)10-19-8-4-7-16(11-19,12-20)13-5-2-1-3-6-13;/h1-3,5-6,9,20H,4,7-8,10-12H2,(H2,17,18);1H. The molecular formula is C16H22ClN3OS. The molecule has 0 bridgehead atoms. The van der Waals surface area contributed by atoms with Crippen molar-refractivity contribution in [2.24, 2.45) is 0 Å². The fourth-order valence-electron chi connectivity index (χ4n) is 3.23. The molecule has 0 aliphatic carbocycles. The van der Waals surface area contributed by atoms with Crippen molar-refractivity contribution in [1.82, 2.24) is 9.88 Å². The molecule has 1 aromatic carbocycles. The molecule has 1 aromatic heterocycles. The number of aliphatic hydroxyl groups is 1. The first-order chi connectivity index (χ1) is 10.2. The minimum Gasteiger partial charge on any atom is -0.395 e. The van der Waals surface area contributed by atoms with Crippen molar-refractivity contribution >= 4 is 28.9 Å². The molecule has 2 aromatic rings.